The average molecular weight is 371 g/mol. The molecule has 1 unspecified atom stereocenters. The monoisotopic (exact) mass is 371 g/mol. The summed E-state index contributed by atoms with van der Waals surface area (Å²) in [6.07, 6.45) is 2.30. The first-order valence-corrected chi connectivity index (χ1v) is 10.1. The molecule has 1 atom stereocenters. The maximum absolute atomic E-state index is 11.6. The van der Waals surface area contributed by atoms with Crippen molar-refractivity contribution in [3.63, 3.8) is 0 Å². The number of hydroxylamine groups is 1. The first-order valence-electron chi connectivity index (χ1n) is 8.19. The number of rotatable bonds is 6. The largest absolute Gasteiger partial charge is 0.289 e. The standard InChI is InChI=1S/C20H21NO4S/c1-26(24,25)19(20(22)21-23)9-5-8-17-11-14-18(15-12-17)13-10-16-6-3-2-4-7-16/h2-4,6-7,11-12,14-15,19,23H,5,8-9H2,1H3,(H,21,22). The van der Waals surface area contributed by atoms with Gasteiger partial charge in [-0.2, -0.15) is 0 Å². The second-order valence-electron chi connectivity index (χ2n) is 6.00. The van der Waals surface area contributed by atoms with E-state index in [2.05, 4.69) is 11.8 Å². The molecule has 0 fully saturated rings. The highest BCUT2D eigenvalue weighted by Gasteiger charge is 2.27. The third-order valence-electron chi connectivity index (χ3n) is 3.93. The van der Waals surface area contributed by atoms with Gasteiger partial charge in [-0.15, -0.1) is 0 Å². The zero-order valence-corrected chi connectivity index (χ0v) is 15.3. The molecular weight excluding hydrogens is 350 g/mol. The summed E-state index contributed by atoms with van der Waals surface area (Å²) < 4.78 is 23.2. The van der Waals surface area contributed by atoms with Gasteiger partial charge in [-0.05, 0) is 49.1 Å². The Bertz CT molecular complexity index is 894. The summed E-state index contributed by atoms with van der Waals surface area (Å²) in [5.41, 5.74) is 4.30. The number of amides is 1. The summed E-state index contributed by atoms with van der Waals surface area (Å²) in [6.45, 7) is 0. The number of carbonyl (C=O) groups excluding carboxylic acids is 1. The van der Waals surface area contributed by atoms with E-state index in [0.717, 1.165) is 22.9 Å². The molecule has 136 valence electrons. The summed E-state index contributed by atoms with van der Waals surface area (Å²) in [7, 11) is -3.56. The van der Waals surface area contributed by atoms with Gasteiger partial charge in [0.1, 0.15) is 5.25 Å². The Labute approximate surface area is 153 Å². The van der Waals surface area contributed by atoms with Crippen LogP contribution in [0.4, 0.5) is 0 Å². The first kappa shape index (κ1) is 19.7. The van der Waals surface area contributed by atoms with Crippen molar-refractivity contribution in [2.45, 2.75) is 24.5 Å². The fourth-order valence-electron chi connectivity index (χ4n) is 2.52. The highest BCUT2D eigenvalue weighted by Crippen LogP contribution is 2.13. The lowest BCUT2D eigenvalue weighted by Gasteiger charge is -2.12. The molecule has 2 aromatic carbocycles. The van der Waals surface area contributed by atoms with Crippen molar-refractivity contribution in [3.8, 4) is 11.8 Å². The van der Waals surface area contributed by atoms with Crippen LogP contribution in [-0.4, -0.2) is 31.0 Å². The number of carbonyl (C=O) groups is 1. The van der Waals surface area contributed by atoms with Crippen molar-refractivity contribution in [2.24, 2.45) is 0 Å². The predicted molar refractivity (Wildman–Crippen MR) is 100 cm³/mol. The highest BCUT2D eigenvalue weighted by molar-refractivity contribution is 7.92. The Balaban J connectivity index is 1.93. The Morgan fingerprint density at radius 3 is 2.15 bits per heavy atom. The van der Waals surface area contributed by atoms with E-state index in [1.54, 1.807) is 0 Å². The van der Waals surface area contributed by atoms with Crippen molar-refractivity contribution >= 4 is 15.7 Å². The van der Waals surface area contributed by atoms with E-state index in [0.29, 0.717) is 12.8 Å². The molecule has 0 radical (unpaired) electrons. The van der Waals surface area contributed by atoms with Gasteiger partial charge in [-0.3, -0.25) is 10.0 Å². The van der Waals surface area contributed by atoms with Gasteiger partial charge in [0.15, 0.2) is 9.84 Å². The van der Waals surface area contributed by atoms with Gasteiger partial charge in [-0.1, -0.05) is 42.2 Å². The van der Waals surface area contributed by atoms with E-state index in [9.17, 15) is 13.2 Å². The van der Waals surface area contributed by atoms with E-state index in [4.69, 9.17) is 5.21 Å². The number of hydrogen-bond acceptors (Lipinski definition) is 4. The number of sulfone groups is 1. The molecule has 0 saturated carbocycles. The molecule has 0 aromatic heterocycles. The maximum atomic E-state index is 11.6. The van der Waals surface area contributed by atoms with Crippen molar-refractivity contribution in [2.75, 3.05) is 6.26 Å². The molecule has 2 rings (SSSR count). The van der Waals surface area contributed by atoms with Crippen molar-refractivity contribution in [1.29, 1.82) is 0 Å². The van der Waals surface area contributed by atoms with Crippen LogP contribution < -0.4 is 5.48 Å². The highest BCUT2D eigenvalue weighted by atomic mass is 32.2. The van der Waals surface area contributed by atoms with Gasteiger partial charge >= 0.3 is 0 Å². The molecular formula is C20H21NO4S. The van der Waals surface area contributed by atoms with Crippen LogP contribution in [0.1, 0.15) is 29.5 Å². The van der Waals surface area contributed by atoms with Crippen LogP contribution in [0.15, 0.2) is 54.6 Å². The van der Waals surface area contributed by atoms with Crippen LogP contribution in [0.2, 0.25) is 0 Å². The third-order valence-corrected chi connectivity index (χ3v) is 5.41. The molecule has 0 heterocycles. The Morgan fingerprint density at radius 1 is 1.04 bits per heavy atom. The lowest BCUT2D eigenvalue weighted by atomic mass is 10.0. The number of benzene rings is 2. The number of aryl methyl sites for hydroxylation is 1. The molecule has 6 heteroatoms. The minimum atomic E-state index is -3.56. The quantitative estimate of drug-likeness (QED) is 0.464. The van der Waals surface area contributed by atoms with Crippen LogP contribution in [0.5, 0.6) is 0 Å². The van der Waals surface area contributed by atoms with Crippen LogP contribution in [0.3, 0.4) is 0 Å². The second-order valence-corrected chi connectivity index (χ2v) is 8.23. The smallest absolute Gasteiger partial charge is 0.261 e. The Kier molecular flexibility index (Phi) is 6.96. The summed E-state index contributed by atoms with van der Waals surface area (Å²) in [6, 6.07) is 17.4. The van der Waals surface area contributed by atoms with E-state index in [1.165, 1.54) is 5.48 Å². The van der Waals surface area contributed by atoms with Gasteiger partial charge < -0.3 is 0 Å². The average Bonchev–Trinajstić information content (AvgIpc) is 2.64. The number of hydrogen-bond donors (Lipinski definition) is 2. The molecule has 1 amide bonds. The normalized spacial score (nSPS) is 11.9. The van der Waals surface area contributed by atoms with E-state index in [1.807, 2.05) is 54.6 Å². The van der Waals surface area contributed by atoms with E-state index >= 15 is 0 Å². The first-order chi connectivity index (χ1) is 12.4. The molecule has 0 aliphatic rings. The van der Waals surface area contributed by atoms with Crippen LogP contribution >= 0.6 is 0 Å². The topological polar surface area (TPSA) is 83.5 Å². The molecule has 0 aliphatic heterocycles. The lowest BCUT2D eigenvalue weighted by molar-refractivity contribution is -0.128. The number of nitrogens with one attached hydrogen (secondary N) is 1. The maximum Gasteiger partial charge on any atom is 0.261 e. The summed E-state index contributed by atoms with van der Waals surface area (Å²) in [5, 5.41) is 7.44. The van der Waals surface area contributed by atoms with Crippen molar-refractivity contribution in [3.05, 3.63) is 71.3 Å². The van der Waals surface area contributed by atoms with Gasteiger partial charge in [0.2, 0.25) is 0 Å². The molecule has 0 aliphatic carbocycles. The SMILES string of the molecule is CS(=O)(=O)C(CCCc1ccc(C#Cc2ccccc2)cc1)C(=O)NO. The molecule has 2 N–H and O–H groups in total. The van der Waals surface area contributed by atoms with Crippen molar-refractivity contribution < 1.29 is 18.4 Å². The summed E-state index contributed by atoms with van der Waals surface area (Å²) in [5.74, 6) is 5.29. The van der Waals surface area contributed by atoms with Crippen molar-refractivity contribution in [1.82, 2.24) is 5.48 Å². The third kappa shape index (κ3) is 6.03. The second kappa shape index (κ2) is 9.18. The van der Waals surface area contributed by atoms with Gasteiger partial charge in [0.25, 0.3) is 5.91 Å². The fourth-order valence-corrected chi connectivity index (χ4v) is 3.56. The van der Waals surface area contributed by atoms with E-state index in [-0.39, 0.29) is 6.42 Å². The summed E-state index contributed by atoms with van der Waals surface area (Å²) >= 11 is 0. The predicted octanol–water partition coefficient (Wildman–Crippen LogP) is 2.33. The Hall–Kier alpha value is -2.62. The van der Waals surface area contributed by atoms with Crippen LogP contribution in [0, 0.1) is 11.8 Å². The lowest BCUT2D eigenvalue weighted by Crippen LogP contribution is -2.37. The molecule has 5 nitrogen and oxygen atoms in total. The van der Waals surface area contributed by atoms with Crippen LogP contribution in [0.25, 0.3) is 0 Å². The van der Waals surface area contributed by atoms with Gasteiger partial charge in [0.05, 0.1) is 0 Å². The molecule has 2 aromatic rings. The van der Waals surface area contributed by atoms with Gasteiger partial charge in [-0.25, -0.2) is 13.9 Å². The Morgan fingerprint density at radius 2 is 1.62 bits per heavy atom. The summed E-state index contributed by atoms with van der Waals surface area (Å²) in [4.78, 5) is 11.5. The fraction of sp³-hybridized carbons (Fsp3) is 0.250. The molecule has 0 bridgehead atoms. The minimum Gasteiger partial charge on any atom is -0.289 e. The minimum absolute atomic E-state index is 0.154. The van der Waals surface area contributed by atoms with Crippen LogP contribution in [-0.2, 0) is 21.1 Å². The zero-order chi connectivity index (χ0) is 19.0. The molecule has 0 saturated heterocycles. The molecule has 0 spiro atoms. The van der Waals surface area contributed by atoms with Gasteiger partial charge in [0, 0.05) is 17.4 Å². The zero-order valence-electron chi connectivity index (χ0n) is 14.5. The molecule has 26 heavy (non-hydrogen) atoms. The van der Waals surface area contributed by atoms with E-state index < -0.39 is 21.0 Å².